The molecule has 3 amide bonds. The molecule has 2 saturated heterocycles. The molecule has 1 saturated carbocycles. The number of hydrogen-bond acceptors (Lipinski definition) is 6. The van der Waals surface area contributed by atoms with Gasteiger partial charge in [-0.25, -0.2) is 0 Å². The van der Waals surface area contributed by atoms with E-state index >= 15 is 0 Å². The van der Waals surface area contributed by atoms with Gasteiger partial charge in [-0.2, -0.15) is 0 Å². The first-order valence-electron chi connectivity index (χ1n) is 12.5. The van der Waals surface area contributed by atoms with Crippen molar-refractivity contribution < 1.29 is 28.7 Å². The van der Waals surface area contributed by atoms with E-state index in [1.807, 2.05) is 20.8 Å². The van der Waals surface area contributed by atoms with E-state index in [0.29, 0.717) is 11.6 Å². The highest BCUT2D eigenvalue weighted by atomic mass is 35.5. The third-order valence-electron chi connectivity index (χ3n) is 7.24. The first-order valence-corrected chi connectivity index (χ1v) is 12.9. The van der Waals surface area contributed by atoms with Crippen LogP contribution in [0.2, 0.25) is 5.02 Å². The largest absolute Gasteiger partial charge is 0.433 e. The van der Waals surface area contributed by atoms with Gasteiger partial charge in [0.2, 0.25) is 18.1 Å². The summed E-state index contributed by atoms with van der Waals surface area (Å²) in [5.41, 5.74) is -0.339. The quantitative estimate of drug-likeness (QED) is 0.535. The molecule has 2 aliphatic heterocycles. The van der Waals surface area contributed by atoms with Crippen molar-refractivity contribution in [3.05, 3.63) is 34.9 Å². The number of halogens is 1. The monoisotopic (exact) mass is 519 g/mol. The molecule has 196 valence electrons. The van der Waals surface area contributed by atoms with Gasteiger partial charge in [0.05, 0.1) is 17.0 Å². The molecule has 36 heavy (non-hydrogen) atoms. The molecule has 1 aromatic carbocycles. The molecule has 10 heteroatoms. The lowest BCUT2D eigenvalue weighted by Gasteiger charge is -2.40. The van der Waals surface area contributed by atoms with Crippen molar-refractivity contribution in [3.8, 4) is 0 Å². The summed E-state index contributed by atoms with van der Waals surface area (Å²) in [7, 11) is 0. The van der Waals surface area contributed by atoms with Crippen molar-refractivity contribution in [3.63, 3.8) is 0 Å². The number of amides is 3. The predicted molar refractivity (Wildman–Crippen MR) is 132 cm³/mol. The Kier molecular flexibility index (Phi) is 7.61. The average Bonchev–Trinajstić information content (AvgIpc) is 3.51. The second-order valence-corrected chi connectivity index (χ2v) is 11.2. The van der Waals surface area contributed by atoms with Crippen LogP contribution in [0.1, 0.15) is 63.7 Å². The normalized spacial score (nSPS) is 28.1. The highest BCUT2D eigenvalue weighted by Gasteiger charge is 2.54. The number of esters is 1. The number of rotatable bonds is 7. The zero-order valence-corrected chi connectivity index (χ0v) is 21.8. The number of fused-ring (bicyclic) bond motifs is 2. The fraction of sp³-hybridized carbons (Fsp3) is 0.615. The first kappa shape index (κ1) is 26.4. The average molecular weight is 520 g/mol. The number of likely N-dealkylation sites (tertiary alicyclic amines) is 1. The Bertz CT molecular complexity index is 1040. The van der Waals surface area contributed by atoms with Crippen LogP contribution in [0.25, 0.3) is 0 Å². The Morgan fingerprint density at radius 3 is 2.61 bits per heavy atom. The number of carbonyl (C=O) groups excluding carboxylic acids is 4. The number of carbonyl (C=O) groups is 4. The van der Waals surface area contributed by atoms with Crippen molar-refractivity contribution >= 4 is 35.3 Å². The van der Waals surface area contributed by atoms with Crippen LogP contribution < -0.4 is 10.6 Å². The molecular formula is C26H34ClN3O6. The molecule has 3 aliphatic rings. The summed E-state index contributed by atoms with van der Waals surface area (Å²) < 4.78 is 10.6. The molecule has 2 heterocycles. The van der Waals surface area contributed by atoms with Crippen LogP contribution >= 0.6 is 11.6 Å². The highest BCUT2D eigenvalue weighted by molar-refractivity contribution is 6.33. The number of cyclic esters (lactones) is 1. The standard InChI is InChI=1S/C26H34ClN3O6/c1-5-35-25-18(13-19(31)36-25)28-23(33)20-14-10-11-15(12-14)30(20)24(34)21(26(2,3)4)29-22(32)16-8-6-7-9-17(16)27/h6-9,14-15,18,20-21,25H,5,10-13H2,1-4H3,(H,28,33)(H,29,32)/t14-,15?,18?,20-,21+,25+/m0/s1. The fourth-order valence-corrected chi connectivity index (χ4v) is 5.75. The molecule has 0 aromatic heterocycles. The molecule has 0 spiro atoms. The molecular weight excluding hydrogens is 486 g/mol. The van der Waals surface area contributed by atoms with Crippen LogP contribution in [0, 0.1) is 11.3 Å². The van der Waals surface area contributed by atoms with Gasteiger partial charge >= 0.3 is 5.97 Å². The Morgan fingerprint density at radius 1 is 1.22 bits per heavy atom. The Balaban J connectivity index is 1.55. The van der Waals surface area contributed by atoms with Crippen molar-refractivity contribution in [2.45, 2.75) is 83.8 Å². The van der Waals surface area contributed by atoms with E-state index in [1.165, 1.54) is 0 Å². The van der Waals surface area contributed by atoms with Gasteiger partial charge in [0.25, 0.3) is 5.91 Å². The smallest absolute Gasteiger partial charge is 0.310 e. The van der Waals surface area contributed by atoms with Crippen molar-refractivity contribution in [1.82, 2.24) is 15.5 Å². The Morgan fingerprint density at radius 2 is 1.94 bits per heavy atom. The summed E-state index contributed by atoms with van der Waals surface area (Å²) in [5.74, 6) is -1.48. The van der Waals surface area contributed by atoms with E-state index in [0.717, 1.165) is 19.3 Å². The number of nitrogens with zero attached hydrogens (tertiary/aromatic N) is 1. The van der Waals surface area contributed by atoms with Gasteiger partial charge in [-0.05, 0) is 49.7 Å². The molecule has 9 nitrogen and oxygen atoms in total. The zero-order valence-electron chi connectivity index (χ0n) is 21.1. The van der Waals surface area contributed by atoms with E-state index in [4.69, 9.17) is 21.1 Å². The van der Waals surface area contributed by atoms with Crippen LogP contribution in [-0.2, 0) is 23.9 Å². The van der Waals surface area contributed by atoms with Crippen LogP contribution in [0.5, 0.6) is 0 Å². The summed E-state index contributed by atoms with van der Waals surface area (Å²) >= 11 is 6.21. The molecule has 3 fully saturated rings. The van der Waals surface area contributed by atoms with Gasteiger partial charge in [0, 0.05) is 12.6 Å². The van der Waals surface area contributed by atoms with E-state index in [1.54, 1.807) is 36.1 Å². The maximum atomic E-state index is 14.0. The first-order chi connectivity index (χ1) is 17.0. The molecule has 1 aliphatic carbocycles. The summed E-state index contributed by atoms with van der Waals surface area (Å²) in [6, 6.07) is 4.42. The van der Waals surface area contributed by atoms with E-state index in [-0.39, 0.29) is 35.8 Å². The van der Waals surface area contributed by atoms with E-state index in [9.17, 15) is 19.2 Å². The third kappa shape index (κ3) is 5.22. The van der Waals surface area contributed by atoms with Crippen LogP contribution in [0.15, 0.2) is 24.3 Å². The number of nitrogens with one attached hydrogen (secondary N) is 2. The topological polar surface area (TPSA) is 114 Å². The molecule has 2 bridgehead atoms. The van der Waals surface area contributed by atoms with Gasteiger partial charge in [-0.3, -0.25) is 19.2 Å². The molecule has 4 rings (SSSR count). The number of piperidine rings is 1. The van der Waals surface area contributed by atoms with Crippen LogP contribution in [0.3, 0.4) is 0 Å². The molecule has 2 N–H and O–H groups in total. The summed E-state index contributed by atoms with van der Waals surface area (Å²) in [5, 5.41) is 6.08. The van der Waals surface area contributed by atoms with Crippen molar-refractivity contribution in [2.75, 3.05) is 6.61 Å². The van der Waals surface area contributed by atoms with Crippen LogP contribution in [0.4, 0.5) is 0 Å². The second kappa shape index (κ2) is 10.4. The number of ether oxygens (including phenoxy) is 2. The molecule has 2 unspecified atom stereocenters. The number of hydrogen-bond donors (Lipinski definition) is 2. The van der Waals surface area contributed by atoms with Gasteiger partial charge in [0.15, 0.2) is 0 Å². The Labute approximate surface area is 216 Å². The molecule has 6 atom stereocenters. The minimum absolute atomic E-state index is 0.0161. The van der Waals surface area contributed by atoms with Gasteiger partial charge in [0.1, 0.15) is 18.1 Å². The SMILES string of the molecule is CCO[C@@H]1OC(=O)CC1NC(=O)[C@@H]1[C@H]2CCC(C2)N1C(=O)[C@@H](NC(=O)c1ccccc1Cl)C(C)(C)C. The van der Waals surface area contributed by atoms with Crippen molar-refractivity contribution in [2.24, 2.45) is 11.3 Å². The molecule has 0 radical (unpaired) electrons. The minimum atomic E-state index is -0.872. The maximum Gasteiger partial charge on any atom is 0.310 e. The zero-order chi connectivity index (χ0) is 26.2. The lowest BCUT2D eigenvalue weighted by molar-refractivity contribution is -0.165. The maximum absolute atomic E-state index is 14.0. The van der Waals surface area contributed by atoms with Gasteiger partial charge < -0.3 is 25.0 Å². The molecule has 1 aromatic rings. The minimum Gasteiger partial charge on any atom is -0.433 e. The second-order valence-electron chi connectivity index (χ2n) is 10.8. The van der Waals surface area contributed by atoms with E-state index < -0.39 is 41.7 Å². The third-order valence-corrected chi connectivity index (χ3v) is 7.57. The number of benzene rings is 1. The van der Waals surface area contributed by atoms with Crippen LogP contribution in [-0.4, -0.2) is 65.7 Å². The fourth-order valence-electron chi connectivity index (χ4n) is 5.53. The van der Waals surface area contributed by atoms with Gasteiger partial charge in [-0.15, -0.1) is 0 Å². The summed E-state index contributed by atoms with van der Waals surface area (Å²) in [4.78, 5) is 54.0. The van der Waals surface area contributed by atoms with Gasteiger partial charge in [-0.1, -0.05) is 44.5 Å². The summed E-state index contributed by atoms with van der Waals surface area (Å²) in [6.45, 7) is 7.74. The highest BCUT2D eigenvalue weighted by Crippen LogP contribution is 2.44. The predicted octanol–water partition coefficient (Wildman–Crippen LogP) is 2.66. The lowest BCUT2D eigenvalue weighted by atomic mass is 9.84. The van der Waals surface area contributed by atoms with E-state index in [2.05, 4.69) is 10.6 Å². The lowest BCUT2D eigenvalue weighted by Crippen LogP contribution is -2.62. The Hall–Kier alpha value is -2.65. The summed E-state index contributed by atoms with van der Waals surface area (Å²) in [6.07, 6.45) is 1.56. The van der Waals surface area contributed by atoms with Crippen molar-refractivity contribution in [1.29, 1.82) is 0 Å².